The molecule has 2 aliphatic heterocycles. The zero-order valence-electron chi connectivity index (χ0n) is 13.6. The summed E-state index contributed by atoms with van der Waals surface area (Å²) in [4.78, 5) is 5.30. The third-order valence-electron chi connectivity index (χ3n) is 4.83. The molecule has 0 unspecified atom stereocenters. The molecule has 122 valence electrons. The second-order valence-corrected chi connectivity index (χ2v) is 7.60. The Balaban J connectivity index is 1.37. The number of likely N-dealkylation sites (tertiary alicyclic amines) is 1. The van der Waals surface area contributed by atoms with Gasteiger partial charge in [0.05, 0.1) is 13.2 Å². The van der Waals surface area contributed by atoms with Crippen LogP contribution in [-0.4, -0.2) is 67.5 Å². The summed E-state index contributed by atoms with van der Waals surface area (Å²) in [6.45, 7) is 10.2. The lowest BCUT2D eigenvalue weighted by atomic mass is 10.0. The van der Waals surface area contributed by atoms with Crippen LogP contribution in [0, 0.1) is 5.92 Å². The molecule has 0 N–H and O–H groups in total. The summed E-state index contributed by atoms with van der Waals surface area (Å²) in [5.74, 6) is 3.16. The molecular weight excluding hydrogens is 292 g/mol. The number of hydrogen-bond acceptors (Lipinski definition) is 4. The van der Waals surface area contributed by atoms with Crippen LogP contribution in [0.25, 0.3) is 0 Å². The lowest BCUT2D eigenvalue weighted by Crippen LogP contribution is -2.46. The van der Waals surface area contributed by atoms with E-state index in [1.165, 1.54) is 31.0 Å². The molecular formula is C18H28N2OS. The Kier molecular flexibility index (Phi) is 6.19. The summed E-state index contributed by atoms with van der Waals surface area (Å²) in [6.07, 6.45) is 0. The average Bonchev–Trinajstić information content (AvgIpc) is 2.94. The van der Waals surface area contributed by atoms with E-state index in [0.29, 0.717) is 0 Å². The van der Waals surface area contributed by atoms with Gasteiger partial charge in [-0.2, -0.15) is 11.8 Å². The molecule has 2 heterocycles. The van der Waals surface area contributed by atoms with E-state index in [1.807, 2.05) is 0 Å². The minimum absolute atomic E-state index is 0.739. The molecule has 2 saturated heterocycles. The first kappa shape index (κ1) is 16.3. The summed E-state index contributed by atoms with van der Waals surface area (Å²) in [7, 11) is 0. The highest BCUT2D eigenvalue weighted by atomic mass is 32.2. The number of thioether (sulfide) groups is 1. The number of hydrogen-bond donors (Lipinski definition) is 0. The van der Waals surface area contributed by atoms with E-state index in [4.69, 9.17) is 4.74 Å². The van der Waals surface area contributed by atoms with Crippen molar-refractivity contribution < 1.29 is 4.74 Å². The lowest BCUT2D eigenvalue weighted by molar-refractivity contribution is 0.0119. The Morgan fingerprint density at radius 1 is 1.14 bits per heavy atom. The highest BCUT2D eigenvalue weighted by Crippen LogP contribution is 2.23. The number of benzene rings is 1. The van der Waals surface area contributed by atoms with Gasteiger partial charge < -0.3 is 9.64 Å². The molecule has 2 atom stereocenters. The SMILES string of the molecule is C[C@@H]1CN(CCSCc2ccccc2)C[C@@H]1N1CCOCC1. The normalized spacial score (nSPS) is 27.3. The fraction of sp³-hybridized carbons (Fsp3) is 0.667. The molecule has 1 aromatic rings. The third kappa shape index (κ3) is 4.48. The lowest BCUT2D eigenvalue weighted by Gasteiger charge is -2.34. The van der Waals surface area contributed by atoms with Crippen molar-refractivity contribution in [2.24, 2.45) is 5.92 Å². The second kappa shape index (κ2) is 8.34. The molecule has 1 aromatic carbocycles. The van der Waals surface area contributed by atoms with Crippen molar-refractivity contribution in [3.05, 3.63) is 35.9 Å². The first-order valence-electron chi connectivity index (χ1n) is 8.49. The van der Waals surface area contributed by atoms with E-state index < -0.39 is 0 Å². The quantitative estimate of drug-likeness (QED) is 0.748. The predicted octanol–water partition coefficient (Wildman–Crippen LogP) is 2.57. The first-order valence-corrected chi connectivity index (χ1v) is 9.64. The van der Waals surface area contributed by atoms with Crippen molar-refractivity contribution in [1.82, 2.24) is 9.80 Å². The van der Waals surface area contributed by atoms with Crippen molar-refractivity contribution in [3.8, 4) is 0 Å². The van der Waals surface area contributed by atoms with E-state index in [0.717, 1.165) is 44.0 Å². The van der Waals surface area contributed by atoms with Crippen LogP contribution >= 0.6 is 11.8 Å². The fourth-order valence-corrected chi connectivity index (χ4v) is 4.53. The van der Waals surface area contributed by atoms with Crippen LogP contribution in [0.3, 0.4) is 0 Å². The van der Waals surface area contributed by atoms with E-state index in [9.17, 15) is 0 Å². The van der Waals surface area contributed by atoms with Gasteiger partial charge in [0.2, 0.25) is 0 Å². The van der Waals surface area contributed by atoms with Crippen molar-refractivity contribution >= 4 is 11.8 Å². The Bertz CT molecular complexity index is 436. The second-order valence-electron chi connectivity index (χ2n) is 6.49. The molecule has 3 rings (SSSR count). The van der Waals surface area contributed by atoms with E-state index in [1.54, 1.807) is 0 Å². The number of morpholine rings is 1. The van der Waals surface area contributed by atoms with Gasteiger partial charge in [0, 0.05) is 50.3 Å². The van der Waals surface area contributed by atoms with Gasteiger partial charge in [0.1, 0.15) is 0 Å². The largest absolute Gasteiger partial charge is 0.379 e. The summed E-state index contributed by atoms with van der Waals surface area (Å²) in [6, 6.07) is 11.5. The van der Waals surface area contributed by atoms with Crippen LogP contribution in [0.5, 0.6) is 0 Å². The van der Waals surface area contributed by atoms with Gasteiger partial charge in [-0.15, -0.1) is 0 Å². The Hall–Kier alpha value is -0.550. The van der Waals surface area contributed by atoms with Crippen LogP contribution in [0.15, 0.2) is 30.3 Å². The maximum absolute atomic E-state index is 5.48. The Labute approximate surface area is 139 Å². The summed E-state index contributed by atoms with van der Waals surface area (Å²) < 4.78 is 5.48. The van der Waals surface area contributed by atoms with Gasteiger partial charge in [-0.1, -0.05) is 37.3 Å². The topological polar surface area (TPSA) is 15.7 Å². The van der Waals surface area contributed by atoms with Crippen molar-refractivity contribution in [2.75, 3.05) is 51.7 Å². The molecule has 0 bridgehead atoms. The highest BCUT2D eigenvalue weighted by Gasteiger charge is 2.33. The van der Waals surface area contributed by atoms with E-state index in [2.05, 4.69) is 58.8 Å². The Morgan fingerprint density at radius 2 is 1.91 bits per heavy atom. The van der Waals surface area contributed by atoms with Gasteiger partial charge in [0.15, 0.2) is 0 Å². The van der Waals surface area contributed by atoms with Gasteiger partial charge >= 0.3 is 0 Å². The van der Waals surface area contributed by atoms with Gasteiger partial charge in [-0.25, -0.2) is 0 Å². The van der Waals surface area contributed by atoms with Crippen LogP contribution in [0.1, 0.15) is 12.5 Å². The Morgan fingerprint density at radius 3 is 2.68 bits per heavy atom. The molecule has 0 amide bonds. The molecule has 4 heteroatoms. The number of nitrogens with zero attached hydrogens (tertiary/aromatic N) is 2. The third-order valence-corrected chi connectivity index (χ3v) is 5.84. The standard InChI is InChI=1S/C18H28N2OS/c1-16-13-19(14-18(16)20-7-10-21-11-8-20)9-12-22-15-17-5-3-2-4-6-17/h2-6,16,18H,7-15H2,1H3/t16-,18+/m1/s1. The van der Waals surface area contributed by atoms with Crippen LogP contribution < -0.4 is 0 Å². The zero-order chi connectivity index (χ0) is 15.2. The van der Waals surface area contributed by atoms with E-state index in [-0.39, 0.29) is 0 Å². The maximum Gasteiger partial charge on any atom is 0.0594 e. The smallest absolute Gasteiger partial charge is 0.0594 e. The van der Waals surface area contributed by atoms with Crippen LogP contribution in [0.4, 0.5) is 0 Å². The summed E-state index contributed by atoms with van der Waals surface area (Å²) >= 11 is 2.06. The van der Waals surface area contributed by atoms with Gasteiger partial charge in [-0.05, 0) is 11.5 Å². The minimum atomic E-state index is 0.739. The van der Waals surface area contributed by atoms with Gasteiger partial charge in [-0.3, -0.25) is 4.90 Å². The fourth-order valence-electron chi connectivity index (χ4n) is 3.57. The maximum atomic E-state index is 5.48. The molecule has 0 aromatic heterocycles. The first-order chi connectivity index (χ1) is 10.8. The molecule has 0 spiro atoms. The molecule has 2 fully saturated rings. The average molecular weight is 321 g/mol. The predicted molar refractivity (Wildman–Crippen MR) is 94.4 cm³/mol. The van der Waals surface area contributed by atoms with Crippen molar-refractivity contribution in [2.45, 2.75) is 18.7 Å². The molecule has 22 heavy (non-hydrogen) atoms. The van der Waals surface area contributed by atoms with Crippen LogP contribution in [-0.2, 0) is 10.5 Å². The van der Waals surface area contributed by atoms with E-state index >= 15 is 0 Å². The monoisotopic (exact) mass is 320 g/mol. The highest BCUT2D eigenvalue weighted by molar-refractivity contribution is 7.98. The van der Waals surface area contributed by atoms with Crippen LogP contribution in [0.2, 0.25) is 0 Å². The van der Waals surface area contributed by atoms with Gasteiger partial charge in [0.25, 0.3) is 0 Å². The molecule has 0 aliphatic carbocycles. The molecule has 0 saturated carbocycles. The molecule has 0 radical (unpaired) electrons. The zero-order valence-corrected chi connectivity index (χ0v) is 14.4. The summed E-state index contributed by atoms with van der Waals surface area (Å²) in [5, 5.41) is 0. The molecule has 2 aliphatic rings. The number of rotatable bonds is 6. The molecule has 3 nitrogen and oxygen atoms in total. The van der Waals surface area contributed by atoms with Crippen molar-refractivity contribution in [3.63, 3.8) is 0 Å². The number of ether oxygens (including phenoxy) is 1. The summed E-state index contributed by atoms with van der Waals surface area (Å²) in [5.41, 5.74) is 1.44. The van der Waals surface area contributed by atoms with Crippen molar-refractivity contribution in [1.29, 1.82) is 0 Å². The minimum Gasteiger partial charge on any atom is -0.379 e.